The molecule has 3 rings (SSSR count). The lowest BCUT2D eigenvalue weighted by Crippen LogP contribution is -2.35. The van der Waals surface area contributed by atoms with Gasteiger partial charge in [-0.05, 0) is 35.4 Å². The van der Waals surface area contributed by atoms with Crippen LogP contribution < -0.4 is 10.1 Å². The van der Waals surface area contributed by atoms with Crippen LogP contribution in [0, 0.1) is 11.7 Å². The second kappa shape index (κ2) is 8.87. The molecule has 1 aliphatic rings. The molecule has 6 heteroatoms. The van der Waals surface area contributed by atoms with E-state index in [9.17, 15) is 14.0 Å². The van der Waals surface area contributed by atoms with Crippen LogP contribution in [0.3, 0.4) is 0 Å². The quantitative estimate of drug-likeness (QED) is 0.833. The minimum absolute atomic E-state index is 0.0485. The highest BCUT2D eigenvalue weighted by Crippen LogP contribution is 2.34. The highest BCUT2D eigenvalue weighted by molar-refractivity contribution is 5.83. The number of rotatable bonds is 6. The van der Waals surface area contributed by atoms with E-state index < -0.39 is 0 Å². The van der Waals surface area contributed by atoms with Gasteiger partial charge >= 0.3 is 0 Å². The lowest BCUT2D eigenvalue weighted by Gasteiger charge is -2.18. The summed E-state index contributed by atoms with van der Waals surface area (Å²) in [6.45, 7) is 3.07. The molecule has 148 valence electrons. The van der Waals surface area contributed by atoms with Gasteiger partial charge in [0, 0.05) is 32.0 Å². The van der Waals surface area contributed by atoms with Gasteiger partial charge in [-0.25, -0.2) is 4.39 Å². The number of nitrogens with one attached hydrogen (secondary N) is 1. The van der Waals surface area contributed by atoms with Crippen LogP contribution >= 0.6 is 0 Å². The third-order valence-electron chi connectivity index (χ3n) is 5.24. The maximum Gasteiger partial charge on any atom is 0.225 e. The van der Waals surface area contributed by atoms with Crippen LogP contribution in [0.15, 0.2) is 48.5 Å². The van der Waals surface area contributed by atoms with Gasteiger partial charge in [-0.2, -0.15) is 0 Å². The molecule has 1 aliphatic heterocycles. The SMILES string of the molecule is CCC(=O)N1CC(C(=O)NCc2ccc(F)cc2)C(c2ccc(OC)cc2)C1. The Morgan fingerprint density at radius 1 is 1.11 bits per heavy atom. The molecule has 0 saturated carbocycles. The van der Waals surface area contributed by atoms with Crippen LogP contribution in [0.25, 0.3) is 0 Å². The lowest BCUT2D eigenvalue weighted by molar-refractivity contribution is -0.130. The molecule has 5 nitrogen and oxygen atoms in total. The summed E-state index contributed by atoms with van der Waals surface area (Å²) in [6, 6.07) is 13.7. The van der Waals surface area contributed by atoms with Crippen molar-refractivity contribution in [3.63, 3.8) is 0 Å². The van der Waals surface area contributed by atoms with Crippen LogP contribution in [-0.4, -0.2) is 36.9 Å². The first kappa shape index (κ1) is 19.9. The van der Waals surface area contributed by atoms with Crippen molar-refractivity contribution in [2.75, 3.05) is 20.2 Å². The molecule has 2 atom stereocenters. The van der Waals surface area contributed by atoms with Crippen molar-refractivity contribution in [3.8, 4) is 5.75 Å². The second-order valence-electron chi connectivity index (χ2n) is 6.98. The summed E-state index contributed by atoms with van der Waals surface area (Å²) in [6.07, 6.45) is 0.416. The minimum atomic E-state index is -0.329. The summed E-state index contributed by atoms with van der Waals surface area (Å²) in [5.74, 6) is -0.0115. The number of amides is 2. The van der Waals surface area contributed by atoms with E-state index in [0.29, 0.717) is 26.1 Å². The van der Waals surface area contributed by atoms with E-state index in [4.69, 9.17) is 4.74 Å². The van der Waals surface area contributed by atoms with Crippen LogP contribution in [0.5, 0.6) is 5.75 Å². The summed E-state index contributed by atoms with van der Waals surface area (Å²) < 4.78 is 18.3. The van der Waals surface area contributed by atoms with Crippen molar-refractivity contribution in [2.45, 2.75) is 25.8 Å². The molecule has 1 N–H and O–H groups in total. The van der Waals surface area contributed by atoms with Crippen molar-refractivity contribution in [1.82, 2.24) is 10.2 Å². The molecule has 2 amide bonds. The monoisotopic (exact) mass is 384 g/mol. The van der Waals surface area contributed by atoms with E-state index in [1.165, 1.54) is 12.1 Å². The Morgan fingerprint density at radius 3 is 2.39 bits per heavy atom. The Kier molecular flexibility index (Phi) is 6.29. The molecule has 0 radical (unpaired) electrons. The van der Waals surface area contributed by atoms with Gasteiger partial charge in [0.2, 0.25) is 11.8 Å². The molecular formula is C22H25FN2O3. The number of carbonyl (C=O) groups excluding carboxylic acids is 2. The number of likely N-dealkylation sites (tertiary alicyclic amines) is 1. The molecule has 2 aromatic carbocycles. The van der Waals surface area contributed by atoms with Crippen molar-refractivity contribution in [3.05, 3.63) is 65.5 Å². The molecule has 0 aromatic heterocycles. The number of halogens is 1. The average molecular weight is 384 g/mol. The van der Waals surface area contributed by atoms with Crippen molar-refractivity contribution >= 4 is 11.8 Å². The Morgan fingerprint density at radius 2 is 1.79 bits per heavy atom. The highest BCUT2D eigenvalue weighted by atomic mass is 19.1. The Labute approximate surface area is 164 Å². The summed E-state index contributed by atoms with van der Waals surface area (Å²) in [4.78, 5) is 26.9. The molecule has 0 aliphatic carbocycles. The molecule has 28 heavy (non-hydrogen) atoms. The number of ether oxygens (including phenoxy) is 1. The standard InChI is InChI=1S/C22H25FN2O3/c1-3-21(26)25-13-19(16-6-10-18(28-2)11-7-16)20(14-25)22(27)24-12-15-4-8-17(23)9-5-15/h4-11,19-20H,3,12-14H2,1-2H3,(H,24,27). The highest BCUT2D eigenvalue weighted by Gasteiger charge is 2.39. The number of hydrogen-bond donors (Lipinski definition) is 1. The van der Waals surface area contributed by atoms with Gasteiger partial charge in [0.05, 0.1) is 13.0 Å². The predicted molar refractivity (Wildman–Crippen MR) is 104 cm³/mol. The Bertz CT molecular complexity index is 821. The van der Waals surface area contributed by atoms with E-state index in [1.54, 1.807) is 24.1 Å². The summed E-state index contributed by atoms with van der Waals surface area (Å²) in [7, 11) is 1.61. The predicted octanol–water partition coefficient (Wildman–Crippen LogP) is 3.10. The van der Waals surface area contributed by atoms with E-state index in [-0.39, 0.29) is 29.5 Å². The van der Waals surface area contributed by atoms with Crippen molar-refractivity contribution in [1.29, 1.82) is 0 Å². The van der Waals surface area contributed by atoms with Crippen molar-refractivity contribution < 1.29 is 18.7 Å². The van der Waals surface area contributed by atoms with E-state index in [0.717, 1.165) is 16.9 Å². The van der Waals surface area contributed by atoms with Crippen LogP contribution in [0.4, 0.5) is 4.39 Å². The fourth-order valence-corrected chi connectivity index (χ4v) is 3.61. The van der Waals surface area contributed by atoms with Gasteiger partial charge in [0.1, 0.15) is 11.6 Å². The number of benzene rings is 2. The fourth-order valence-electron chi connectivity index (χ4n) is 3.61. The van der Waals surface area contributed by atoms with Crippen LogP contribution in [-0.2, 0) is 16.1 Å². The normalized spacial score (nSPS) is 18.8. The smallest absolute Gasteiger partial charge is 0.225 e. The first-order valence-corrected chi connectivity index (χ1v) is 9.45. The molecule has 2 unspecified atom stereocenters. The zero-order valence-corrected chi connectivity index (χ0v) is 16.2. The molecule has 1 fully saturated rings. The van der Waals surface area contributed by atoms with Gasteiger partial charge in [-0.15, -0.1) is 0 Å². The number of hydrogen-bond acceptors (Lipinski definition) is 3. The molecule has 2 aromatic rings. The van der Waals surface area contributed by atoms with Gasteiger partial charge in [-0.3, -0.25) is 9.59 Å². The van der Waals surface area contributed by atoms with E-state index in [1.807, 2.05) is 31.2 Å². The largest absolute Gasteiger partial charge is 0.497 e. The molecule has 1 saturated heterocycles. The van der Waals surface area contributed by atoms with Crippen LogP contribution in [0.1, 0.15) is 30.4 Å². The second-order valence-corrected chi connectivity index (χ2v) is 6.98. The topological polar surface area (TPSA) is 58.6 Å². The number of nitrogens with zero attached hydrogens (tertiary/aromatic N) is 1. The Hall–Kier alpha value is -2.89. The number of methoxy groups -OCH3 is 1. The zero-order valence-electron chi connectivity index (χ0n) is 16.2. The lowest BCUT2D eigenvalue weighted by atomic mass is 9.88. The third-order valence-corrected chi connectivity index (χ3v) is 5.24. The van der Waals surface area contributed by atoms with Gasteiger partial charge in [0.25, 0.3) is 0 Å². The summed E-state index contributed by atoms with van der Waals surface area (Å²) in [5.41, 5.74) is 1.84. The average Bonchev–Trinajstić information content (AvgIpc) is 3.18. The van der Waals surface area contributed by atoms with E-state index >= 15 is 0 Å². The van der Waals surface area contributed by atoms with Crippen molar-refractivity contribution in [2.24, 2.45) is 5.92 Å². The first-order chi connectivity index (χ1) is 13.5. The van der Waals surface area contributed by atoms with E-state index in [2.05, 4.69) is 5.32 Å². The zero-order chi connectivity index (χ0) is 20.1. The fraction of sp³-hybridized carbons (Fsp3) is 0.364. The summed E-state index contributed by atoms with van der Waals surface area (Å²) in [5, 5.41) is 2.94. The minimum Gasteiger partial charge on any atom is -0.497 e. The molecule has 1 heterocycles. The summed E-state index contributed by atoms with van der Waals surface area (Å²) >= 11 is 0. The maximum absolute atomic E-state index is 13.0. The maximum atomic E-state index is 13.0. The molecule has 0 bridgehead atoms. The molecular weight excluding hydrogens is 359 g/mol. The molecule has 0 spiro atoms. The first-order valence-electron chi connectivity index (χ1n) is 9.45. The third kappa shape index (κ3) is 4.50. The van der Waals surface area contributed by atoms with Gasteiger partial charge in [0.15, 0.2) is 0 Å². The van der Waals surface area contributed by atoms with Crippen LogP contribution in [0.2, 0.25) is 0 Å². The van der Waals surface area contributed by atoms with Gasteiger partial charge in [-0.1, -0.05) is 31.2 Å². The van der Waals surface area contributed by atoms with Gasteiger partial charge < -0.3 is 15.0 Å². The number of carbonyl (C=O) groups is 2. The Balaban J connectivity index is 1.74.